The molecule has 3 heterocycles. The molecule has 7 nitrogen and oxygen atoms in total. The highest BCUT2D eigenvalue weighted by atomic mass is 16.7. The van der Waals surface area contributed by atoms with Crippen molar-refractivity contribution in [3.8, 4) is 0 Å². The van der Waals surface area contributed by atoms with Gasteiger partial charge in [0.05, 0.1) is 12.0 Å². The zero-order valence-electron chi connectivity index (χ0n) is 16.1. The van der Waals surface area contributed by atoms with Gasteiger partial charge in [-0.15, -0.1) is 0 Å². The molecular formula is C21H26O7. The van der Waals surface area contributed by atoms with Crippen LogP contribution in [-0.2, 0) is 23.9 Å². The predicted octanol–water partition coefficient (Wildman–Crippen LogP) is 0.766. The first-order valence-electron chi connectivity index (χ1n) is 10.1. The van der Waals surface area contributed by atoms with Crippen molar-refractivity contribution in [1.29, 1.82) is 0 Å². The van der Waals surface area contributed by atoms with E-state index in [0.29, 0.717) is 12.8 Å². The van der Waals surface area contributed by atoms with Crippen molar-refractivity contribution >= 4 is 17.5 Å². The fourth-order valence-electron chi connectivity index (χ4n) is 7.27. The van der Waals surface area contributed by atoms with Crippen molar-refractivity contribution in [2.45, 2.75) is 51.4 Å². The Labute approximate surface area is 163 Å². The number of aliphatic hydroxyl groups is 2. The quantitative estimate of drug-likeness (QED) is 0.685. The van der Waals surface area contributed by atoms with E-state index in [0.717, 1.165) is 0 Å². The second kappa shape index (κ2) is 5.32. The molecule has 3 aliphatic heterocycles. The van der Waals surface area contributed by atoms with Gasteiger partial charge in [-0.3, -0.25) is 14.4 Å². The molecule has 2 N–H and O–H groups in total. The Kier molecular flexibility index (Phi) is 3.50. The summed E-state index contributed by atoms with van der Waals surface area (Å²) in [5.74, 6) is -3.84. The number of Topliss-reactive ketones (excluding diaryl/α,β-unsaturated/α-hetero) is 1. The smallest absolute Gasteiger partial charge is 0.318 e. The van der Waals surface area contributed by atoms with Crippen LogP contribution in [0.3, 0.4) is 0 Å². The highest BCUT2D eigenvalue weighted by Crippen LogP contribution is 2.75. The molecule has 152 valence electrons. The van der Waals surface area contributed by atoms with E-state index < -0.39 is 45.9 Å². The maximum absolute atomic E-state index is 13.3. The third-order valence-corrected chi connectivity index (χ3v) is 8.34. The van der Waals surface area contributed by atoms with Crippen molar-refractivity contribution < 1.29 is 34.1 Å². The Hall–Kier alpha value is -1.57. The van der Waals surface area contributed by atoms with Crippen LogP contribution in [0.1, 0.15) is 39.5 Å². The van der Waals surface area contributed by atoms with Gasteiger partial charge in [0.15, 0.2) is 11.9 Å². The molecule has 0 aromatic heterocycles. The van der Waals surface area contributed by atoms with Crippen molar-refractivity contribution in [3.63, 3.8) is 0 Å². The highest BCUT2D eigenvalue weighted by Gasteiger charge is 2.87. The van der Waals surface area contributed by atoms with Crippen LogP contribution in [0.5, 0.6) is 0 Å². The molecule has 7 heteroatoms. The van der Waals surface area contributed by atoms with Gasteiger partial charge in [0.2, 0.25) is 5.79 Å². The summed E-state index contributed by atoms with van der Waals surface area (Å²) in [5.41, 5.74) is -2.78. The monoisotopic (exact) mass is 390 g/mol. The first kappa shape index (κ1) is 18.5. The lowest BCUT2D eigenvalue weighted by atomic mass is 9.37. The number of allylic oxidation sites excluding steroid dienone is 2. The molecule has 0 unspecified atom stereocenters. The lowest BCUT2D eigenvalue weighted by Crippen LogP contribution is -2.80. The van der Waals surface area contributed by atoms with Gasteiger partial charge in [0.25, 0.3) is 0 Å². The van der Waals surface area contributed by atoms with Gasteiger partial charge in [-0.05, 0) is 36.7 Å². The standard InChI is InChI=1S/C21H26O7/c1-18(2)7-5-14(24)19-10-27-21(26)16(15(18)19)28-17(25)20(21)9-11(3-4-13(19)20)12(23)6-8-22/h5,7,11,13,15-16,22,26H,3-4,6,8-10H2,1-2H3/t11-,13+,15-,16+,19-,20+,21-/m1/s1. The predicted molar refractivity (Wildman–Crippen MR) is 94.6 cm³/mol. The fourth-order valence-corrected chi connectivity index (χ4v) is 7.27. The number of carbonyl (C=O) groups is 3. The molecule has 7 atom stereocenters. The van der Waals surface area contributed by atoms with Crippen LogP contribution < -0.4 is 0 Å². The Morgan fingerprint density at radius 3 is 2.75 bits per heavy atom. The first-order valence-corrected chi connectivity index (χ1v) is 10.1. The van der Waals surface area contributed by atoms with Crippen LogP contribution in [0.15, 0.2) is 12.2 Å². The Balaban J connectivity index is 1.69. The molecule has 2 spiro atoms. The molecular weight excluding hydrogens is 364 g/mol. The van der Waals surface area contributed by atoms with E-state index in [1.807, 2.05) is 19.9 Å². The van der Waals surface area contributed by atoms with E-state index in [9.17, 15) is 19.5 Å². The number of hydrogen-bond acceptors (Lipinski definition) is 7. The third-order valence-electron chi connectivity index (χ3n) is 8.34. The Morgan fingerprint density at radius 2 is 2.04 bits per heavy atom. The van der Waals surface area contributed by atoms with Crippen molar-refractivity contribution in [1.82, 2.24) is 0 Å². The van der Waals surface area contributed by atoms with Crippen LogP contribution in [0.4, 0.5) is 0 Å². The maximum Gasteiger partial charge on any atom is 0.318 e. The summed E-state index contributed by atoms with van der Waals surface area (Å²) >= 11 is 0. The lowest BCUT2D eigenvalue weighted by molar-refractivity contribution is -0.396. The zero-order valence-corrected chi connectivity index (χ0v) is 16.1. The van der Waals surface area contributed by atoms with E-state index in [1.54, 1.807) is 6.08 Å². The second-order valence-corrected chi connectivity index (χ2v) is 9.79. The molecule has 3 saturated heterocycles. The number of carbonyl (C=O) groups excluding carboxylic acids is 3. The normalized spacial score (nSPS) is 50.1. The molecule has 4 bridgehead atoms. The molecule has 0 radical (unpaired) electrons. The lowest BCUT2D eigenvalue weighted by Gasteiger charge is -2.68. The summed E-state index contributed by atoms with van der Waals surface area (Å²) in [4.78, 5) is 39.0. The Morgan fingerprint density at radius 1 is 1.29 bits per heavy atom. The van der Waals surface area contributed by atoms with Crippen LogP contribution in [0, 0.1) is 34.0 Å². The molecule has 0 aromatic carbocycles. The highest BCUT2D eigenvalue weighted by molar-refractivity contribution is 5.99. The van der Waals surface area contributed by atoms with Gasteiger partial charge < -0.3 is 19.7 Å². The van der Waals surface area contributed by atoms with Gasteiger partial charge in [0, 0.05) is 24.9 Å². The largest absolute Gasteiger partial charge is 0.456 e. The van der Waals surface area contributed by atoms with Crippen LogP contribution in [0.2, 0.25) is 0 Å². The van der Waals surface area contributed by atoms with Crippen molar-refractivity contribution in [2.75, 3.05) is 13.2 Å². The second-order valence-electron chi connectivity index (χ2n) is 9.79. The molecule has 28 heavy (non-hydrogen) atoms. The third kappa shape index (κ3) is 1.75. The zero-order chi connectivity index (χ0) is 20.1. The number of esters is 1. The summed E-state index contributed by atoms with van der Waals surface area (Å²) in [5, 5.41) is 20.8. The van der Waals surface area contributed by atoms with Gasteiger partial charge >= 0.3 is 5.97 Å². The minimum absolute atomic E-state index is 0.0195. The van der Waals surface area contributed by atoms with Crippen LogP contribution in [-0.4, -0.2) is 52.9 Å². The summed E-state index contributed by atoms with van der Waals surface area (Å²) in [7, 11) is 0. The number of hydrogen-bond donors (Lipinski definition) is 2. The number of ether oxygens (including phenoxy) is 2. The molecule has 0 amide bonds. The van der Waals surface area contributed by atoms with Crippen LogP contribution >= 0.6 is 0 Å². The minimum Gasteiger partial charge on any atom is -0.456 e. The minimum atomic E-state index is -1.83. The number of fused-ring (bicyclic) bond motifs is 1. The summed E-state index contributed by atoms with van der Waals surface area (Å²) in [6.07, 6.45) is 3.64. The van der Waals surface area contributed by atoms with E-state index in [-0.39, 0.29) is 43.5 Å². The number of ketones is 2. The number of rotatable bonds is 3. The van der Waals surface area contributed by atoms with Gasteiger partial charge in [-0.1, -0.05) is 19.9 Å². The molecule has 6 rings (SSSR count). The summed E-state index contributed by atoms with van der Waals surface area (Å²) in [6.45, 7) is 3.81. The first-order chi connectivity index (χ1) is 13.1. The van der Waals surface area contributed by atoms with E-state index >= 15 is 0 Å². The van der Waals surface area contributed by atoms with E-state index in [2.05, 4.69) is 0 Å². The SMILES string of the molecule is CC1(C)C=CC(=O)[C@@]23CO[C@]4(O)[C@@H](OC(=O)[C@@]45C[C@H](C(=O)CCO)CC[C@@H]25)[C@H]13. The fraction of sp³-hybridized carbons (Fsp3) is 0.762. The molecule has 3 aliphatic carbocycles. The van der Waals surface area contributed by atoms with Crippen LogP contribution in [0.25, 0.3) is 0 Å². The molecule has 0 aromatic rings. The van der Waals surface area contributed by atoms with Gasteiger partial charge in [0.1, 0.15) is 11.2 Å². The average molecular weight is 390 g/mol. The summed E-state index contributed by atoms with van der Waals surface area (Å²) < 4.78 is 11.6. The topological polar surface area (TPSA) is 110 Å². The van der Waals surface area contributed by atoms with Crippen molar-refractivity contribution in [3.05, 3.63) is 12.2 Å². The maximum atomic E-state index is 13.3. The molecule has 2 saturated carbocycles. The molecule has 5 fully saturated rings. The number of aliphatic hydroxyl groups excluding tert-OH is 1. The average Bonchev–Trinajstić information content (AvgIpc) is 2.80. The van der Waals surface area contributed by atoms with Crippen molar-refractivity contribution in [2.24, 2.45) is 34.0 Å². The molecule has 6 aliphatic rings. The Bertz CT molecular complexity index is 816. The summed E-state index contributed by atoms with van der Waals surface area (Å²) in [6, 6.07) is 0. The van der Waals surface area contributed by atoms with E-state index in [1.165, 1.54) is 0 Å². The van der Waals surface area contributed by atoms with E-state index in [4.69, 9.17) is 14.6 Å². The van der Waals surface area contributed by atoms with Gasteiger partial charge in [-0.2, -0.15) is 0 Å². The van der Waals surface area contributed by atoms with Gasteiger partial charge in [-0.25, -0.2) is 0 Å².